The lowest BCUT2D eigenvalue weighted by Crippen LogP contribution is -2.30. The van der Waals surface area contributed by atoms with Crippen LogP contribution in [0, 0.1) is 0 Å². The van der Waals surface area contributed by atoms with E-state index in [0.717, 1.165) is 96.3 Å². The molecule has 0 bridgehead atoms. The second-order valence-corrected chi connectivity index (χ2v) is 20.2. The van der Waals surface area contributed by atoms with Crippen molar-refractivity contribution >= 4 is 17.9 Å². The van der Waals surface area contributed by atoms with Gasteiger partial charge in [-0.2, -0.15) is 0 Å². The van der Waals surface area contributed by atoms with Crippen molar-refractivity contribution in [3.8, 4) is 0 Å². The standard InChI is InChI=1S/C65H114O6/c1-4-7-10-13-16-19-22-24-26-28-29-30-31-32-33-34-35-36-38-39-41-43-46-49-52-55-58-64(67)70-61-62(60-69-63(66)57-54-51-48-45-21-18-15-12-9-6-3)71-65(68)59-56-53-50-47-44-42-40-37-27-25-23-20-17-14-11-8-5-2/h8,11-12,15,17,20,25,27,40,42,47,50,62H,4-7,9-10,13-14,16,18-19,21-24,26,28-39,41,43-46,48-49,51-61H2,1-3H3/b11-8-,15-12-,20-17-,27-25-,42-40-,50-47-. The Morgan fingerprint density at radius 1 is 0.296 bits per heavy atom. The van der Waals surface area contributed by atoms with E-state index in [9.17, 15) is 14.4 Å². The van der Waals surface area contributed by atoms with Crippen molar-refractivity contribution in [1.82, 2.24) is 0 Å². The minimum Gasteiger partial charge on any atom is -0.462 e. The normalized spacial score (nSPS) is 12.5. The fourth-order valence-electron chi connectivity index (χ4n) is 8.66. The zero-order valence-corrected chi connectivity index (χ0v) is 47.0. The number of ether oxygens (including phenoxy) is 3. The summed E-state index contributed by atoms with van der Waals surface area (Å²) < 4.78 is 16.8. The Morgan fingerprint density at radius 3 is 0.972 bits per heavy atom. The van der Waals surface area contributed by atoms with E-state index in [-0.39, 0.29) is 37.5 Å². The number of carbonyl (C=O) groups excluding carboxylic acids is 3. The van der Waals surface area contributed by atoms with Crippen LogP contribution >= 0.6 is 0 Å². The molecule has 0 rings (SSSR count). The van der Waals surface area contributed by atoms with E-state index in [0.29, 0.717) is 19.3 Å². The summed E-state index contributed by atoms with van der Waals surface area (Å²) in [4.78, 5) is 38.1. The maximum atomic E-state index is 12.8. The topological polar surface area (TPSA) is 78.9 Å². The van der Waals surface area contributed by atoms with Crippen molar-refractivity contribution in [3.05, 3.63) is 72.9 Å². The van der Waals surface area contributed by atoms with Crippen LogP contribution < -0.4 is 0 Å². The van der Waals surface area contributed by atoms with Crippen molar-refractivity contribution < 1.29 is 28.6 Å². The van der Waals surface area contributed by atoms with Crippen LogP contribution in [0.5, 0.6) is 0 Å². The highest BCUT2D eigenvalue weighted by molar-refractivity contribution is 5.71. The summed E-state index contributed by atoms with van der Waals surface area (Å²) >= 11 is 0. The van der Waals surface area contributed by atoms with Crippen molar-refractivity contribution in [2.75, 3.05) is 13.2 Å². The molecule has 0 aliphatic heterocycles. The van der Waals surface area contributed by atoms with Crippen molar-refractivity contribution in [2.45, 2.75) is 309 Å². The first-order valence-corrected chi connectivity index (χ1v) is 30.4. The number of rotatable bonds is 55. The van der Waals surface area contributed by atoms with E-state index in [4.69, 9.17) is 14.2 Å². The molecule has 0 saturated carbocycles. The third-order valence-electron chi connectivity index (χ3n) is 13.2. The summed E-state index contributed by atoms with van der Waals surface area (Å²) in [6, 6.07) is 0. The van der Waals surface area contributed by atoms with Crippen LogP contribution in [0.15, 0.2) is 72.9 Å². The fourth-order valence-corrected chi connectivity index (χ4v) is 8.66. The summed E-state index contributed by atoms with van der Waals surface area (Å²) in [5.41, 5.74) is 0. The van der Waals surface area contributed by atoms with Gasteiger partial charge >= 0.3 is 17.9 Å². The lowest BCUT2D eigenvalue weighted by Gasteiger charge is -2.18. The lowest BCUT2D eigenvalue weighted by molar-refractivity contribution is -0.167. The van der Waals surface area contributed by atoms with Crippen LogP contribution in [0.3, 0.4) is 0 Å². The largest absolute Gasteiger partial charge is 0.462 e. The molecule has 0 aliphatic carbocycles. The molecule has 6 heteroatoms. The number of esters is 3. The van der Waals surface area contributed by atoms with Crippen LogP contribution in [0.25, 0.3) is 0 Å². The Kier molecular flexibility index (Phi) is 56.8. The molecule has 0 aromatic carbocycles. The fraction of sp³-hybridized carbons (Fsp3) is 0.769. The molecular formula is C65H114O6. The first-order chi connectivity index (χ1) is 35.0. The average molecular weight is 992 g/mol. The molecule has 0 aliphatic rings. The van der Waals surface area contributed by atoms with E-state index in [2.05, 4.69) is 93.7 Å². The summed E-state index contributed by atoms with van der Waals surface area (Å²) in [5.74, 6) is -0.959. The highest BCUT2D eigenvalue weighted by atomic mass is 16.6. The predicted octanol–water partition coefficient (Wildman–Crippen LogP) is 20.5. The summed E-state index contributed by atoms with van der Waals surface area (Å²) in [6.07, 6.45) is 76.5. The quantitative estimate of drug-likeness (QED) is 0.0261. The molecule has 0 aromatic rings. The number of allylic oxidation sites excluding steroid dienone is 12. The summed E-state index contributed by atoms with van der Waals surface area (Å²) in [6.45, 7) is 6.44. The minimum absolute atomic E-state index is 0.0984. The van der Waals surface area contributed by atoms with Crippen molar-refractivity contribution in [1.29, 1.82) is 0 Å². The predicted molar refractivity (Wildman–Crippen MR) is 307 cm³/mol. The molecule has 0 fully saturated rings. The molecule has 0 aromatic heterocycles. The molecule has 0 radical (unpaired) electrons. The van der Waals surface area contributed by atoms with Crippen LogP contribution in [-0.4, -0.2) is 37.2 Å². The lowest BCUT2D eigenvalue weighted by atomic mass is 10.0. The molecule has 1 atom stereocenters. The van der Waals surface area contributed by atoms with Gasteiger partial charge in [-0.15, -0.1) is 0 Å². The summed E-state index contributed by atoms with van der Waals surface area (Å²) in [5, 5.41) is 0. The van der Waals surface area contributed by atoms with Gasteiger partial charge in [0.15, 0.2) is 6.10 Å². The van der Waals surface area contributed by atoms with Crippen LogP contribution in [0.2, 0.25) is 0 Å². The molecule has 0 heterocycles. The van der Waals surface area contributed by atoms with E-state index in [1.807, 2.05) is 0 Å². The molecule has 0 saturated heterocycles. The Hall–Kier alpha value is -3.15. The van der Waals surface area contributed by atoms with Gasteiger partial charge in [0.2, 0.25) is 0 Å². The van der Waals surface area contributed by atoms with Crippen LogP contribution in [0.4, 0.5) is 0 Å². The Morgan fingerprint density at radius 2 is 0.592 bits per heavy atom. The van der Waals surface area contributed by atoms with Gasteiger partial charge in [-0.1, -0.05) is 280 Å². The Bertz CT molecular complexity index is 1320. The van der Waals surface area contributed by atoms with E-state index in [1.54, 1.807) is 0 Å². The highest BCUT2D eigenvalue weighted by Crippen LogP contribution is 2.17. The Balaban J connectivity index is 4.24. The van der Waals surface area contributed by atoms with Gasteiger partial charge in [-0.3, -0.25) is 14.4 Å². The molecule has 0 amide bonds. The van der Waals surface area contributed by atoms with Crippen molar-refractivity contribution in [2.24, 2.45) is 0 Å². The van der Waals surface area contributed by atoms with Gasteiger partial charge in [0, 0.05) is 19.3 Å². The molecule has 0 N–H and O–H groups in total. The van der Waals surface area contributed by atoms with Crippen LogP contribution in [0.1, 0.15) is 303 Å². The van der Waals surface area contributed by atoms with E-state index >= 15 is 0 Å². The Labute approximate surface area is 440 Å². The number of carbonyl (C=O) groups is 3. The van der Waals surface area contributed by atoms with Gasteiger partial charge < -0.3 is 14.2 Å². The van der Waals surface area contributed by atoms with Gasteiger partial charge in [-0.05, 0) is 77.0 Å². The number of unbranched alkanes of at least 4 members (excludes halogenated alkanes) is 32. The summed E-state index contributed by atoms with van der Waals surface area (Å²) in [7, 11) is 0. The molecule has 6 nitrogen and oxygen atoms in total. The second-order valence-electron chi connectivity index (χ2n) is 20.2. The van der Waals surface area contributed by atoms with Crippen LogP contribution in [-0.2, 0) is 28.6 Å². The van der Waals surface area contributed by atoms with E-state index < -0.39 is 6.10 Å². The smallest absolute Gasteiger partial charge is 0.306 e. The number of hydrogen-bond acceptors (Lipinski definition) is 6. The molecule has 410 valence electrons. The first-order valence-electron chi connectivity index (χ1n) is 30.4. The maximum absolute atomic E-state index is 12.8. The zero-order valence-electron chi connectivity index (χ0n) is 47.0. The van der Waals surface area contributed by atoms with Gasteiger partial charge in [0.05, 0.1) is 0 Å². The molecule has 0 spiro atoms. The van der Waals surface area contributed by atoms with Crippen molar-refractivity contribution in [3.63, 3.8) is 0 Å². The number of hydrogen-bond donors (Lipinski definition) is 0. The van der Waals surface area contributed by atoms with Gasteiger partial charge in [0.25, 0.3) is 0 Å². The second kappa shape index (κ2) is 59.4. The maximum Gasteiger partial charge on any atom is 0.306 e. The minimum atomic E-state index is -0.807. The third kappa shape index (κ3) is 57.6. The SMILES string of the molecule is CC/C=C\C/C=C\C/C=C\C/C=C\C/C=C\CCCC(=O)OC(COC(=O)CCCCCCC/C=C\CCC)COC(=O)CCCCCCCCCCCCCCCCCCCCCCCCCCCC. The molecule has 1 unspecified atom stereocenters. The first kappa shape index (κ1) is 67.8. The van der Waals surface area contributed by atoms with E-state index in [1.165, 1.54) is 161 Å². The van der Waals surface area contributed by atoms with Gasteiger partial charge in [0.1, 0.15) is 13.2 Å². The molecule has 71 heavy (non-hydrogen) atoms. The zero-order chi connectivity index (χ0) is 51.4. The van der Waals surface area contributed by atoms with Gasteiger partial charge in [-0.25, -0.2) is 0 Å². The third-order valence-corrected chi connectivity index (χ3v) is 13.2. The monoisotopic (exact) mass is 991 g/mol. The average Bonchev–Trinajstić information content (AvgIpc) is 3.37. The highest BCUT2D eigenvalue weighted by Gasteiger charge is 2.19. The molecular weight excluding hydrogens is 877 g/mol.